The van der Waals surface area contributed by atoms with Gasteiger partial charge in [-0.25, -0.2) is 0 Å². The van der Waals surface area contributed by atoms with Crippen molar-refractivity contribution in [2.45, 2.75) is 124 Å². The average molecular weight is 795 g/mol. The van der Waals surface area contributed by atoms with Crippen LogP contribution in [0.2, 0.25) is 0 Å². The first-order valence-electron chi connectivity index (χ1n) is 21.0. The van der Waals surface area contributed by atoms with Gasteiger partial charge >= 0.3 is 25.5 Å². The minimum Gasteiger partial charge on any atom is -0.481 e. The van der Waals surface area contributed by atoms with Gasteiger partial charge in [-0.2, -0.15) is 0 Å². The number of fused-ring (bicyclic) bond motifs is 5. The molecule has 11 heteroatoms. The van der Waals surface area contributed by atoms with Gasteiger partial charge < -0.3 is 28.7 Å². The van der Waals surface area contributed by atoms with Crippen molar-refractivity contribution in [2.24, 2.45) is 52.3 Å². The van der Waals surface area contributed by atoms with Crippen molar-refractivity contribution in [2.75, 3.05) is 13.0 Å². The molecule has 0 saturated heterocycles. The molecule has 6 unspecified atom stereocenters. The van der Waals surface area contributed by atoms with Crippen molar-refractivity contribution in [3.8, 4) is 0 Å². The van der Waals surface area contributed by atoms with Gasteiger partial charge in [-0.15, -0.1) is 0 Å². The zero-order valence-corrected chi connectivity index (χ0v) is 34.4. The average Bonchev–Trinajstić information content (AvgIpc) is 3.55. The number of aliphatic carboxylic acids is 1. The summed E-state index contributed by atoms with van der Waals surface area (Å²) in [7, 11) is -3.92. The number of carboxylic acid groups (broad SMARTS) is 1. The highest BCUT2D eigenvalue weighted by Gasteiger charge is 2.60. The lowest BCUT2D eigenvalue weighted by atomic mass is 9.44. The number of benzene rings is 2. The Bertz CT molecular complexity index is 1620. The van der Waals surface area contributed by atoms with Crippen LogP contribution in [0.1, 0.15) is 115 Å². The van der Waals surface area contributed by atoms with Crippen LogP contribution >= 0.6 is 7.60 Å². The second kappa shape index (κ2) is 18.7. The van der Waals surface area contributed by atoms with Gasteiger partial charge in [0.1, 0.15) is 0 Å². The molecule has 4 saturated carbocycles. The third-order valence-corrected chi connectivity index (χ3v) is 16.6. The van der Waals surface area contributed by atoms with Crippen LogP contribution in [0.15, 0.2) is 60.7 Å². The van der Waals surface area contributed by atoms with E-state index in [1.54, 1.807) is 0 Å². The molecule has 2 N–H and O–H groups in total. The molecule has 0 amide bonds. The maximum absolute atomic E-state index is 13.9. The Balaban J connectivity index is 0.930. The molecule has 308 valence electrons. The van der Waals surface area contributed by atoms with E-state index in [0.717, 1.165) is 48.1 Å². The number of carboxylic acids is 1. The summed E-state index contributed by atoms with van der Waals surface area (Å²) in [4.78, 5) is 37.6. The molecule has 0 bridgehead atoms. The molecule has 0 spiro atoms. The fourth-order valence-electron chi connectivity index (χ4n) is 11.6. The first-order valence-corrected chi connectivity index (χ1v) is 22.7. The smallest absolute Gasteiger partial charge is 0.332 e. The van der Waals surface area contributed by atoms with E-state index >= 15 is 0 Å². The summed E-state index contributed by atoms with van der Waals surface area (Å²) in [6.07, 6.45) is 10.6. The second-order valence-corrected chi connectivity index (χ2v) is 20.0. The van der Waals surface area contributed by atoms with E-state index < -0.39 is 44.4 Å². The molecule has 0 aliphatic heterocycles. The summed E-state index contributed by atoms with van der Waals surface area (Å²) in [6, 6.07) is 18.2. The minimum absolute atomic E-state index is 0.0281. The topological polar surface area (TPSA) is 146 Å². The highest BCUT2D eigenvalue weighted by Crippen LogP contribution is 2.68. The Morgan fingerprint density at radius 3 is 1.95 bits per heavy atom. The van der Waals surface area contributed by atoms with Crippen LogP contribution in [0, 0.1) is 52.3 Å². The molecule has 10 atom stereocenters. The predicted octanol–water partition coefficient (Wildman–Crippen LogP) is 9.57. The summed E-state index contributed by atoms with van der Waals surface area (Å²) < 4.78 is 35.8. The monoisotopic (exact) mass is 794 g/mol. The lowest BCUT2D eigenvalue weighted by molar-refractivity contribution is -0.167. The van der Waals surface area contributed by atoms with E-state index in [1.807, 2.05) is 60.7 Å². The van der Waals surface area contributed by atoms with Gasteiger partial charge in [-0.05, 0) is 128 Å². The number of esters is 2. The van der Waals surface area contributed by atoms with E-state index in [9.17, 15) is 29.2 Å². The SMILES string of the molecule is C[C@H](CCC(=O)OCOC(=O)CCC(CP(=O)(OCc1ccccc1)OCc1ccccc1)C(=O)O)C1CCC2C3CCC4C[C@H](O)CC[C@]4(C)C3CC[C@@]21C. The molecule has 0 heterocycles. The summed E-state index contributed by atoms with van der Waals surface area (Å²) >= 11 is 0. The van der Waals surface area contributed by atoms with Crippen LogP contribution in [0.3, 0.4) is 0 Å². The number of aliphatic hydroxyl groups is 1. The van der Waals surface area contributed by atoms with Crippen LogP contribution in [-0.2, 0) is 50.7 Å². The van der Waals surface area contributed by atoms with Crippen LogP contribution in [0.5, 0.6) is 0 Å². The summed E-state index contributed by atoms with van der Waals surface area (Å²) in [5.41, 5.74) is 2.15. The largest absolute Gasteiger partial charge is 0.481 e. The molecule has 4 aliphatic carbocycles. The molecule has 2 aromatic carbocycles. The van der Waals surface area contributed by atoms with Gasteiger partial charge in [0.2, 0.25) is 6.79 Å². The van der Waals surface area contributed by atoms with Crippen molar-refractivity contribution in [1.29, 1.82) is 0 Å². The highest BCUT2D eigenvalue weighted by atomic mass is 31.2. The molecule has 0 aromatic heterocycles. The Labute approximate surface area is 332 Å². The minimum atomic E-state index is -3.92. The van der Waals surface area contributed by atoms with Crippen molar-refractivity contribution < 1.29 is 47.7 Å². The molecule has 2 aromatic rings. The first kappa shape index (κ1) is 42.6. The van der Waals surface area contributed by atoms with Crippen molar-refractivity contribution in [3.63, 3.8) is 0 Å². The Hall–Kier alpha value is -3.04. The Morgan fingerprint density at radius 1 is 0.768 bits per heavy atom. The molecule has 10 nitrogen and oxygen atoms in total. The normalized spacial score (nSPS) is 30.9. The Kier molecular flexibility index (Phi) is 14.2. The van der Waals surface area contributed by atoms with Crippen molar-refractivity contribution >= 4 is 25.5 Å². The third-order valence-electron chi connectivity index (χ3n) is 14.7. The van der Waals surface area contributed by atoms with Crippen molar-refractivity contribution in [3.05, 3.63) is 71.8 Å². The van der Waals surface area contributed by atoms with E-state index in [0.29, 0.717) is 29.6 Å². The van der Waals surface area contributed by atoms with Crippen LogP contribution in [0.4, 0.5) is 0 Å². The van der Waals surface area contributed by atoms with E-state index in [-0.39, 0.29) is 44.0 Å². The fourth-order valence-corrected chi connectivity index (χ4v) is 13.4. The molecule has 6 rings (SSSR count). The Morgan fingerprint density at radius 2 is 1.34 bits per heavy atom. The van der Waals surface area contributed by atoms with Gasteiger partial charge in [-0.3, -0.25) is 18.9 Å². The van der Waals surface area contributed by atoms with Crippen LogP contribution in [0.25, 0.3) is 0 Å². The summed E-state index contributed by atoms with van der Waals surface area (Å²) in [6.45, 7) is 6.73. The van der Waals surface area contributed by atoms with Gasteiger partial charge in [0.15, 0.2) is 0 Å². The van der Waals surface area contributed by atoms with Gasteiger partial charge in [-0.1, -0.05) is 81.4 Å². The van der Waals surface area contributed by atoms with Crippen molar-refractivity contribution in [1.82, 2.24) is 0 Å². The van der Waals surface area contributed by atoms with Crippen LogP contribution < -0.4 is 0 Å². The number of carbonyl (C=O) groups is 3. The third kappa shape index (κ3) is 10.1. The number of carbonyl (C=O) groups excluding carboxylic acids is 2. The molecule has 4 fully saturated rings. The second-order valence-electron chi connectivity index (χ2n) is 17.9. The lowest BCUT2D eigenvalue weighted by Crippen LogP contribution is -2.54. The zero-order chi connectivity index (χ0) is 39.9. The van der Waals surface area contributed by atoms with Gasteiger partial charge in [0.05, 0.1) is 31.4 Å². The van der Waals surface area contributed by atoms with E-state index in [1.165, 1.54) is 38.5 Å². The summed E-state index contributed by atoms with van der Waals surface area (Å²) in [5.74, 6) is 0.259. The lowest BCUT2D eigenvalue weighted by Gasteiger charge is -2.61. The molecular formula is C45H63O10P. The molecule has 56 heavy (non-hydrogen) atoms. The standard InChI is InChI=1S/C45H63O10P/c1-31(38-18-19-39-37-17-16-35-26-36(46)22-24-44(35,2)40(37)23-25-45(38,39)3)14-20-41(47)52-30-53-42(48)21-15-34(43(49)50)29-56(51,54-27-32-10-6-4-7-11-32)55-28-33-12-8-5-9-13-33/h4-13,31,34-40,46H,14-30H2,1-3H3,(H,49,50)/t31-,34?,35?,36-,37?,38?,39?,40?,44+,45-/m1/s1. The number of aliphatic hydroxyl groups excluding tert-OH is 1. The molecule has 4 aliphatic rings. The number of hydrogen-bond donors (Lipinski definition) is 2. The molecule has 0 radical (unpaired) electrons. The number of ether oxygens (including phenoxy) is 2. The fraction of sp³-hybridized carbons (Fsp3) is 0.667. The summed E-state index contributed by atoms with van der Waals surface area (Å²) in [5, 5.41) is 20.4. The quantitative estimate of drug-likeness (QED) is 0.0850. The number of hydrogen-bond acceptors (Lipinski definition) is 9. The maximum Gasteiger partial charge on any atom is 0.332 e. The zero-order valence-electron chi connectivity index (χ0n) is 33.5. The van der Waals surface area contributed by atoms with E-state index in [2.05, 4.69) is 20.8 Å². The predicted molar refractivity (Wildman–Crippen MR) is 212 cm³/mol. The van der Waals surface area contributed by atoms with Crippen LogP contribution in [-0.4, -0.2) is 47.2 Å². The highest BCUT2D eigenvalue weighted by molar-refractivity contribution is 7.53. The van der Waals surface area contributed by atoms with Gasteiger partial charge in [0.25, 0.3) is 0 Å². The maximum atomic E-state index is 13.9. The van der Waals surface area contributed by atoms with Gasteiger partial charge in [0, 0.05) is 12.8 Å². The first-order chi connectivity index (χ1) is 26.8. The number of rotatable bonds is 18. The van der Waals surface area contributed by atoms with E-state index in [4.69, 9.17) is 18.5 Å². The molecular weight excluding hydrogens is 731 g/mol.